The number of nitrogens with two attached hydrogens (primary N) is 1. The normalized spacial score (nSPS) is 30.0. The Bertz CT molecular complexity index is 507. The van der Waals surface area contributed by atoms with E-state index in [9.17, 15) is 4.79 Å². The van der Waals surface area contributed by atoms with Crippen LogP contribution in [0, 0.1) is 17.8 Å². The van der Waals surface area contributed by atoms with Gasteiger partial charge in [0.2, 0.25) is 5.91 Å². The molecular formula is C16H23ClN2O2. The van der Waals surface area contributed by atoms with Crippen LogP contribution in [0.15, 0.2) is 24.3 Å². The molecule has 0 heterocycles. The number of benzene rings is 1. The van der Waals surface area contributed by atoms with E-state index < -0.39 is 0 Å². The molecule has 2 aliphatic rings. The van der Waals surface area contributed by atoms with Crippen molar-refractivity contribution in [3.05, 3.63) is 35.4 Å². The second kappa shape index (κ2) is 6.77. The maximum atomic E-state index is 12.3. The predicted molar refractivity (Wildman–Crippen MR) is 83.8 cm³/mol. The predicted octanol–water partition coefficient (Wildman–Crippen LogP) is 1.59. The smallest absolute Gasteiger partial charge is 0.225 e. The molecule has 3 rings (SSSR count). The van der Waals surface area contributed by atoms with Crippen LogP contribution in [0.25, 0.3) is 0 Å². The van der Waals surface area contributed by atoms with Crippen LogP contribution >= 0.6 is 12.4 Å². The third-order valence-electron chi connectivity index (χ3n) is 4.92. The first kappa shape index (κ1) is 16.3. The molecule has 0 aromatic heterocycles. The molecule has 1 amide bonds. The quantitative estimate of drug-likeness (QED) is 0.790. The lowest BCUT2D eigenvalue weighted by Crippen LogP contribution is -2.45. The van der Waals surface area contributed by atoms with Crippen molar-refractivity contribution in [3.63, 3.8) is 0 Å². The molecule has 0 saturated heterocycles. The first-order chi connectivity index (χ1) is 9.69. The topological polar surface area (TPSA) is 75.4 Å². The number of aliphatic hydroxyl groups is 1. The summed E-state index contributed by atoms with van der Waals surface area (Å²) in [5, 5.41) is 12.1. The lowest BCUT2D eigenvalue weighted by molar-refractivity contribution is -0.127. The zero-order chi connectivity index (χ0) is 14.1. The second-order valence-corrected chi connectivity index (χ2v) is 6.13. The highest BCUT2D eigenvalue weighted by Crippen LogP contribution is 2.47. The summed E-state index contributed by atoms with van der Waals surface area (Å²) in [5.41, 5.74) is 8.07. The van der Waals surface area contributed by atoms with Crippen molar-refractivity contribution in [3.8, 4) is 0 Å². The van der Waals surface area contributed by atoms with E-state index in [1.807, 2.05) is 24.3 Å². The van der Waals surface area contributed by atoms with Gasteiger partial charge in [-0.3, -0.25) is 4.79 Å². The van der Waals surface area contributed by atoms with Gasteiger partial charge in [-0.2, -0.15) is 0 Å². The fourth-order valence-electron chi connectivity index (χ4n) is 3.87. The summed E-state index contributed by atoms with van der Waals surface area (Å²) in [6.07, 6.45) is 3.46. The molecule has 4 nitrogen and oxygen atoms in total. The number of rotatable bonds is 4. The molecule has 116 valence electrons. The standard InChI is InChI=1S/C16H22N2O2.ClH/c17-15-13-5-4-12(7-13)14(15)16(20)18-8-10-2-1-3-11(6-10)9-19;/h1-3,6,12-15,19H,4-5,7-9,17H2,(H,18,20);1H. The number of fused-ring (bicyclic) bond motifs is 2. The van der Waals surface area contributed by atoms with Gasteiger partial charge >= 0.3 is 0 Å². The Morgan fingerprint density at radius 2 is 2.00 bits per heavy atom. The summed E-state index contributed by atoms with van der Waals surface area (Å²) in [5.74, 6) is 1.13. The Morgan fingerprint density at radius 1 is 1.29 bits per heavy atom. The highest BCUT2D eigenvalue weighted by atomic mass is 35.5. The average Bonchev–Trinajstić information content (AvgIpc) is 3.06. The number of halogens is 1. The number of nitrogens with one attached hydrogen (secondary N) is 1. The molecule has 4 unspecified atom stereocenters. The molecule has 0 aliphatic heterocycles. The van der Waals surface area contributed by atoms with E-state index in [-0.39, 0.29) is 36.9 Å². The van der Waals surface area contributed by atoms with E-state index in [1.165, 1.54) is 6.42 Å². The van der Waals surface area contributed by atoms with Gasteiger partial charge in [0.1, 0.15) is 0 Å². The first-order valence-electron chi connectivity index (χ1n) is 7.41. The number of hydrogen-bond donors (Lipinski definition) is 3. The van der Waals surface area contributed by atoms with Gasteiger partial charge in [0, 0.05) is 12.6 Å². The lowest BCUT2D eigenvalue weighted by Gasteiger charge is -2.27. The molecule has 2 saturated carbocycles. The second-order valence-electron chi connectivity index (χ2n) is 6.13. The molecule has 21 heavy (non-hydrogen) atoms. The zero-order valence-electron chi connectivity index (χ0n) is 12.0. The van der Waals surface area contributed by atoms with E-state index in [4.69, 9.17) is 10.8 Å². The summed E-state index contributed by atoms with van der Waals surface area (Å²) in [7, 11) is 0. The monoisotopic (exact) mass is 310 g/mol. The molecule has 1 aromatic carbocycles. The van der Waals surface area contributed by atoms with E-state index in [1.54, 1.807) is 0 Å². The van der Waals surface area contributed by atoms with Crippen LogP contribution in [0.1, 0.15) is 30.4 Å². The Hall–Kier alpha value is -1.10. The Kier molecular flexibility index (Phi) is 5.25. The van der Waals surface area contributed by atoms with Crippen LogP contribution in [0.5, 0.6) is 0 Å². The van der Waals surface area contributed by atoms with Crippen molar-refractivity contribution in [2.24, 2.45) is 23.5 Å². The van der Waals surface area contributed by atoms with Gasteiger partial charge < -0.3 is 16.2 Å². The van der Waals surface area contributed by atoms with Crippen LogP contribution in [0.3, 0.4) is 0 Å². The largest absolute Gasteiger partial charge is 0.392 e. The fraction of sp³-hybridized carbons (Fsp3) is 0.562. The maximum Gasteiger partial charge on any atom is 0.225 e. The summed E-state index contributed by atoms with van der Waals surface area (Å²) >= 11 is 0. The van der Waals surface area contributed by atoms with Crippen LogP contribution in [0.2, 0.25) is 0 Å². The van der Waals surface area contributed by atoms with Gasteiger partial charge in [-0.05, 0) is 42.2 Å². The third-order valence-corrected chi connectivity index (χ3v) is 4.92. The molecule has 0 spiro atoms. The van der Waals surface area contributed by atoms with E-state index in [2.05, 4.69) is 5.32 Å². The maximum absolute atomic E-state index is 12.3. The van der Waals surface area contributed by atoms with Crippen LogP contribution in [-0.2, 0) is 17.9 Å². The molecule has 2 aliphatic carbocycles. The highest BCUT2D eigenvalue weighted by Gasteiger charge is 2.48. The fourth-order valence-corrected chi connectivity index (χ4v) is 3.87. The van der Waals surface area contributed by atoms with Crippen LogP contribution in [0.4, 0.5) is 0 Å². The van der Waals surface area contributed by atoms with Crippen molar-refractivity contribution in [1.29, 1.82) is 0 Å². The molecule has 5 heteroatoms. The van der Waals surface area contributed by atoms with Gasteiger partial charge in [0.25, 0.3) is 0 Å². The highest BCUT2D eigenvalue weighted by molar-refractivity contribution is 5.85. The summed E-state index contributed by atoms with van der Waals surface area (Å²) in [6, 6.07) is 7.69. The van der Waals surface area contributed by atoms with Crippen molar-refractivity contribution in [1.82, 2.24) is 5.32 Å². The van der Waals surface area contributed by atoms with Gasteiger partial charge in [0.05, 0.1) is 12.5 Å². The van der Waals surface area contributed by atoms with Gasteiger partial charge in [0.15, 0.2) is 0 Å². The van der Waals surface area contributed by atoms with Crippen LogP contribution < -0.4 is 11.1 Å². The van der Waals surface area contributed by atoms with E-state index >= 15 is 0 Å². The van der Waals surface area contributed by atoms with Gasteiger partial charge in [-0.1, -0.05) is 24.3 Å². The number of carbonyl (C=O) groups is 1. The van der Waals surface area contributed by atoms with Gasteiger partial charge in [-0.25, -0.2) is 0 Å². The van der Waals surface area contributed by atoms with Crippen molar-refractivity contribution < 1.29 is 9.90 Å². The van der Waals surface area contributed by atoms with E-state index in [0.29, 0.717) is 18.4 Å². The molecule has 1 aromatic rings. The third kappa shape index (κ3) is 3.23. The minimum Gasteiger partial charge on any atom is -0.392 e. The van der Waals surface area contributed by atoms with Crippen molar-refractivity contribution in [2.75, 3.05) is 0 Å². The zero-order valence-corrected chi connectivity index (χ0v) is 12.8. The molecule has 0 radical (unpaired) electrons. The Balaban J connectivity index is 0.00000161. The number of hydrogen-bond acceptors (Lipinski definition) is 3. The Morgan fingerprint density at radius 3 is 2.67 bits per heavy atom. The summed E-state index contributed by atoms with van der Waals surface area (Å²) in [6.45, 7) is 0.534. The van der Waals surface area contributed by atoms with E-state index in [0.717, 1.165) is 24.0 Å². The summed E-state index contributed by atoms with van der Waals surface area (Å²) in [4.78, 5) is 12.3. The number of aliphatic hydroxyl groups excluding tert-OH is 1. The SMILES string of the molecule is Cl.NC1C2CCC(C2)C1C(=O)NCc1cccc(CO)c1. The lowest BCUT2D eigenvalue weighted by atomic mass is 9.84. The van der Waals surface area contributed by atoms with Crippen molar-refractivity contribution in [2.45, 2.75) is 38.5 Å². The Labute approximate surface area is 131 Å². The van der Waals surface area contributed by atoms with Gasteiger partial charge in [-0.15, -0.1) is 12.4 Å². The summed E-state index contributed by atoms with van der Waals surface area (Å²) < 4.78 is 0. The molecular weight excluding hydrogens is 288 g/mol. The first-order valence-corrected chi connectivity index (χ1v) is 7.41. The van der Waals surface area contributed by atoms with Crippen LogP contribution in [-0.4, -0.2) is 17.1 Å². The molecule has 2 bridgehead atoms. The molecule has 2 fully saturated rings. The molecule has 4 N–H and O–H groups in total. The average molecular weight is 311 g/mol. The molecule has 4 atom stereocenters. The van der Waals surface area contributed by atoms with Crippen molar-refractivity contribution >= 4 is 18.3 Å². The number of carbonyl (C=O) groups excluding carboxylic acids is 1. The number of amides is 1. The minimum absolute atomic E-state index is 0. The minimum atomic E-state index is -0.00484.